The first kappa shape index (κ1) is 20.6. The molecule has 7 nitrogen and oxygen atoms in total. The van der Waals surface area contributed by atoms with Crippen LogP contribution in [0.5, 0.6) is 11.5 Å². The summed E-state index contributed by atoms with van der Waals surface area (Å²) >= 11 is 12.1. The number of rotatable bonds is 4. The SMILES string of the molecule is CC(=O)Oc1ccc(C=C2N=C(c3cccc(Cl)c3Cl)OC2=O)cc1OC(C)=O. The van der Waals surface area contributed by atoms with Crippen molar-refractivity contribution in [3.63, 3.8) is 0 Å². The van der Waals surface area contributed by atoms with E-state index >= 15 is 0 Å². The molecule has 29 heavy (non-hydrogen) atoms. The minimum Gasteiger partial charge on any atom is -0.423 e. The first-order chi connectivity index (χ1) is 13.7. The maximum absolute atomic E-state index is 12.2. The van der Waals surface area contributed by atoms with E-state index in [-0.39, 0.29) is 28.1 Å². The Morgan fingerprint density at radius 2 is 1.72 bits per heavy atom. The van der Waals surface area contributed by atoms with E-state index in [0.29, 0.717) is 16.1 Å². The number of nitrogens with zero attached hydrogens (tertiary/aromatic N) is 1. The van der Waals surface area contributed by atoms with Crippen LogP contribution < -0.4 is 9.47 Å². The van der Waals surface area contributed by atoms with E-state index in [1.807, 2.05) is 0 Å². The lowest BCUT2D eigenvalue weighted by molar-refractivity contribution is -0.134. The molecule has 2 aromatic carbocycles. The second-order valence-corrected chi connectivity index (χ2v) is 6.62. The van der Waals surface area contributed by atoms with Crippen molar-refractivity contribution in [3.8, 4) is 11.5 Å². The highest BCUT2D eigenvalue weighted by Gasteiger charge is 2.26. The number of ether oxygens (including phenoxy) is 3. The topological polar surface area (TPSA) is 91.3 Å². The second-order valence-electron chi connectivity index (χ2n) is 5.83. The van der Waals surface area contributed by atoms with Gasteiger partial charge in [0.2, 0.25) is 5.90 Å². The quantitative estimate of drug-likeness (QED) is 0.407. The Kier molecular flexibility index (Phi) is 6.00. The summed E-state index contributed by atoms with van der Waals surface area (Å²) < 4.78 is 15.3. The normalized spacial score (nSPS) is 14.4. The molecule has 0 aromatic heterocycles. The summed E-state index contributed by atoms with van der Waals surface area (Å²) in [6.07, 6.45) is 1.43. The Balaban J connectivity index is 1.97. The van der Waals surface area contributed by atoms with E-state index in [9.17, 15) is 14.4 Å². The summed E-state index contributed by atoms with van der Waals surface area (Å²) in [7, 11) is 0. The molecule has 0 fully saturated rings. The summed E-state index contributed by atoms with van der Waals surface area (Å²) in [5, 5.41) is 0.511. The highest BCUT2D eigenvalue weighted by molar-refractivity contribution is 6.44. The van der Waals surface area contributed by atoms with E-state index in [0.717, 1.165) is 0 Å². The van der Waals surface area contributed by atoms with E-state index in [1.165, 1.54) is 32.1 Å². The maximum Gasteiger partial charge on any atom is 0.363 e. The highest BCUT2D eigenvalue weighted by atomic mass is 35.5. The van der Waals surface area contributed by atoms with Gasteiger partial charge < -0.3 is 14.2 Å². The number of hydrogen-bond donors (Lipinski definition) is 0. The van der Waals surface area contributed by atoms with Crippen molar-refractivity contribution in [1.82, 2.24) is 0 Å². The van der Waals surface area contributed by atoms with Crippen molar-refractivity contribution < 1.29 is 28.6 Å². The third-order valence-corrected chi connectivity index (χ3v) is 4.40. The lowest BCUT2D eigenvalue weighted by Gasteiger charge is -2.09. The van der Waals surface area contributed by atoms with Gasteiger partial charge in [-0.2, -0.15) is 0 Å². The van der Waals surface area contributed by atoms with Gasteiger partial charge in [-0.25, -0.2) is 9.79 Å². The fourth-order valence-electron chi connectivity index (χ4n) is 2.44. The Hall–Kier alpha value is -3.16. The van der Waals surface area contributed by atoms with Crippen molar-refractivity contribution in [1.29, 1.82) is 0 Å². The molecule has 2 aromatic rings. The summed E-state index contributed by atoms with van der Waals surface area (Å²) in [6, 6.07) is 9.30. The van der Waals surface area contributed by atoms with Crippen LogP contribution in [0.15, 0.2) is 47.1 Å². The smallest absolute Gasteiger partial charge is 0.363 e. The summed E-state index contributed by atoms with van der Waals surface area (Å²) in [5.41, 5.74) is 0.845. The number of hydrogen-bond acceptors (Lipinski definition) is 7. The third kappa shape index (κ3) is 4.82. The number of halogens is 2. The fourth-order valence-corrected chi connectivity index (χ4v) is 2.82. The first-order valence-corrected chi connectivity index (χ1v) is 8.98. The third-order valence-electron chi connectivity index (χ3n) is 3.58. The monoisotopic (exact) mass is 433 g/mol. The minimum atomic E-state index is -0.686. The number of benzene rings is 2. The van der Waals surface area contributed by atoms with Crippen LogP contribution in [0, 0.1) is 0 Å². The number of cyclic esters (lactones) is 1. The Morgan fingerprint density at radius 3 is 2.41 bits per heavy atom. The molecule has 0 unspecified atom stereocenters. The van der Waals surface area contributed by atoms with Crippen molar-refractivity contribution in [3.05, 3.63) is 63.3 Å². The molecule has 3 rings (SSSR count). The van der Waals surface area contributed by atoms with Gasteiger partial charge in [-0.05, 0) is 35.9 Å². The van der Waals surface area contributed by atoms with Gasteiger partial charge in [0.25, 0.3) is 0 Å². The fraction of sp³-hybridized carbons (Fsp3) is 0.100. The zero-order valence-electron chi connectivity index (χ0n) is 15.2. The zero-order valence-corrected chi connectivity index (χ0v) is 16.7. The van der Waals surface area contributed by atoms with Crippen LogP contribution in [0.25, 0.3) is 6.08 Å². The van der Waals surface area contributed by atoms with Crippen molar-refractivity contribution in [2.75, 3.05) is 0 Å². The molecule has 9 heteroatoms. The van der Waals surface area contributed by atoms with Gasteiger partial charge in [0.1, 0.15) is 0 Å². The lowest BCUT2D eigenvalue weighted by atomic mass is 10.1. The number of carbonyl (C=O) groups excluding carboxylic acids is 3. The molecule has 0 atom stereocenters. The van der Waals surface area contributed by atoms with Crippen LogP contribution >= 0.6 is 23.2 Å². The predicted molar refractivity (Wildman–Crippen MR) is 106 cm³/mol. The molecule has 0 N–H and O–H groups in total. The van der Waals surface area contributed by atoms with Gasteiger partial charge in [-0.15, -0.1) is 0 Å². The largest absolute Gasteiger partial charge is 0.423 e. The van der Waals surface area contributed by atoms with Crippen LogP contribution in [0.1, 0.15) is 25.0 Å². The van der Waals surface area contributed by atoms with Gasteiger partial charge in [0, 0.05) is 13.8 Å². The molecule has 1 aliphatic heterocycles. The molecule has 148 valence electrons. The number of esters is 3. The van der Waals surface area contributed by atoms with Crippen LogP contribution in [0.3, 0.4) is 0 Å². The van der Waals surface area contributed by atoms with Gasteiger partial charge in [-0.1, -0.05) is 35.3 Å². The van der Waals surface area contributed by atoms with Crippen LogP contribution in [0.4, 0.5) is 0 Å². The van der Waals surface area contributed by atoms with E-state index in [2.05, 4.69) is 4.99 Å². The van der Waals surface area contributed by atoms with Gasteiger partial charge in [0.05, 0.1) is 15.6 Å². The molecule has 1 aliphatic rings. The summed E-state index contributed by atoms with van der Waals surface area (Å²) in [5.74, 6) is -1.75. The molecule has 0 spiro atoms. The van der Waals surface area contributed by atoms with Crippen LogP contribution in [-0.2, 0) is 19.1 Å². The number of aliphatic imine (C=N–C) groups is 1. The van der Waals surface area contributed by atoms with Crippen molar-refractivity contribution in [2.24, 2.45) is 4.99 Å². The van der Waals surface area contributed by atoms with Gasteiger partial charge in [0.15, 0.2) is 17.2 Å². The van der Waals surface area contributed by atoms with Crippen molar-refractivity contribution in [2.45, 2.75) is 13.8 Å². The molecule has 0 radical (unpaired) electrons. The number of carbonyl (C=O) groups is 3. The second kappa shape index (κ2) is 8.46. The molecule has 0 amide bonds. The Bertz CT molecular complexity index is 1090. The van der Waals surface area contributed by atoms with Crippen LogP contribution in [0.2, 0.25) is 10.0 Å². The Labute approximate surface area is 175 Å². The summed E-state index contributed by atoms with van der Waals surface area (Å²) in [6.45, 7) is 2.43. The lowest BCUT2D eigenvalue weighted by Crippen LogP contribution is -2.07. The molecular weight excluding hydrogens is 421 g/mol. The molecule has 0 saturated carbocycles. The van der Waals surface area contributed by atoms with E-state index in [4.69, 9.17) is 37.4 Å². The molecule has 0 saturated heterocycles. The molecular formula is C20H13Cl2NO6. The maximum atomic E-state index is 12.2. The van der Waals surface area contributed by atoms with Crippen molar-refractivity contribution >= 4 is 53.1 Å². The average molecular weight is 434 g/mol. The van der Waals surface area contributed by atoms with E-state index in [1.54, 1.807) is 24.3 Å². The average Bonchev–Trinajstić information content (AvgIpc) is 2.99. The standard InChI is InChI=1S/C20H13Cl2NO6/c1-10(24)27-16-7-6-12(9-17(16)28-11(2)25)8-15-20(26)29-19(23-15)13-4-3-5-14(21)18(13)22/h3-9H,1-2H3. The van der Waals surface area contributed by atoms with E-state index < -0.39 is 17.9 Å². The predicted octanol–water partition coefficient (Wildman–Crippen LogP) is 4.19. The molecule has 0 aliphatic carbocycles. The molecule has 0 bridgehead atoms. The molecule has 1 heterocycles. The first-order valence-electron chi connectivity index (χ1n) is 8.22. The van der Waals surface area contributed by atoms with Crippen LogP contribution in [-0.4, -0.2) is 23.8 Å². The minimum absolute atomic E-state index is 0.00468. The highest BCUT2D eigenvalue weighted by Crippen LogP contribution is 2.32. The Morgan fingerprint density at radius 1 is 1.03 bits per heavy atom. The van der Waals surface area contributed by atoms with Gasteiger partial charge >= 0.3 is 17.9 Å². The zero-order chi connectivity index (χ0) is 21.1. The van der Waals surface area contributed by atoms with Gasteiger partial charge in [-0.3, -0.25) is 9.59 Å². The summed E-state index contributed by atoms with van der Waals surface area (Å²) in [4.78, 5) is 38.9.